The molecular formula is C30H36FN3O4S. The van der Waals surface area contributed by atoms with Crippen LogP contribution in [-0.2, 0) is 32.6 Å². The predicted octanol–water partition coefficient (Wildman–Crippen LogP) is 4.37. The van der Waals surface area contributed by atoms with Crippen LogP contribution in [0.4, 0.5) is 10.1 Å². The Balaban J connectivity index is 1.85. The number of carbonyl (C=O) groups is 2. The molecule has 0 saturated carbocycles. The van der Waals surface area contributed by atoms with Crippen LogP contribution in [0, 0.1) is 19.7 Å². The summed E-state index contributed by atoms with van der Waals surface area (Å²) in [6.07, 6.45) is 1.73. The molecule has 0 heterocycles. The first-order valence-electron chi connectivity index (χ1n) is 12.8. The third-order valence-corrected chi connectivity index (χ3v) is 7.62. The Morgan fingerprint density at radius 1 is 0.923 bits per heavy atom. The van der Waals surface area contributed by atoms with Gasteiger partial charge in [0.15, 0.2) is 0 Å². The quantitative estimate of drug-likeness (QED) is 0.361. The van der Waals surface area contributed by atoms with E-state index in [0.717, 1.165) is 22.9 Å². The maximum absolute atomic E-state index is 13.6. The minimum atomic E-state index is -3.59. The number of nitrogens with zero attached hydrogens (tertiary/aromatic N) is 2. The van der Waals surface area contributed by atoms with Crippen molar-refractivity contribution >= 4 is 27.5 Å². The number of anilines is 1. The highest BCUT2D eigenvalue weighted by Crippen LogP contribution is 2.23. The Morgan fingerprint density at radius 3 is 2.10 bits per heavy atom. The van der Waals surface area contributed by atoms with Crippen molar-refractivity contribution in [1.82, 2.24) is 10.2 Å². The van der Waals surface area contributed by atoms with Crippen LogP contribution in [0.1, 0.15) is 35.1 Å². The number of sulfonamides is 1. The van der Waals surface area contributed by atoms with E-state index < -0.39 is 21.9 Å². The van der Waals surface area contributed by atoms with Gasteiger partial charge in [-0.15, -0.1) is 0 Å². The molecule has 0 aromatic heterocycles. The lowest BCUT2D eigenvalue weighted by Crippen LogP contribution is -2.49. The van der Waals surface area contributed by atoms with E-state index in [1.54, 1.807) is 24.3 Å². The molecule has 0 fully saturated rings. The minimum absolute atomic E-state index is 0.0281. The number of aryl methyl sites for hydroxylation is 2. The van der Waals surface area contributed by atoms with Gasteiger partial charge in [-0.25, -0.2) is 12.8 Å². The van der Waals surface area contributed by atoms with Crippen molar-refractivity contribution < 1.29 is 22.4 Å². The number of rotatable bonds is 12. The molecule has 3 rings (SSSR count). The molecule has 7 nitrogen and oxygen atoms in total. The number of amides is 2. The van der Waals surface area contributed by atoms with Gasteiger partial charge in [0.25, 0.3) is 0 Å². The monoisotopic (exact) mass is 553 g/mol. The topological polar surface area (TPSA) is 86.8 Å². The van der Waals surface area contributed by atoms with E-state index in [1.165, 1.54) is 28.4 Å². The molecular weight excluding hydrogens is 517 g/mol. The molecule has 9 heteroatoms. The standard InChI is InChI=1S/C30H36FN3O4S/c1-22-17-23(2)19-27(18-22)34(39(4,37)38)16-8-11-29(35)33(21-25-12-14-26(31)15-13-25)28(30(36)32-3)20-24-9-6-5-7-10-24/h5-7,9-10,12-15,17-19,28H,8,11,16,20-21H2,1-4H3,(H,32,36)/t28-/m0/s1. The fourth-order valence-electron chi connectivity index (χ4n) is 4.61. The van der Waals surface area contributed by atoms with E-state index >= 15 is 0 Å². The highest BCUT2D eigenvalue weighted by Gasteiger charge is 2.30. The van der Waals surface area contributed by atoms with E-state index in [-0.39, 0.29) is 37.7 Å². The Hall–Kier alpha value is -3.72. The van der Waals surface area contributed by atoms with Crippen molar-refractivity contribution in [2.24, 2.45) is 0 Å². The van der Waals surface area contributed by atoms with Crippen molar-refractivity contribution in [1.29, 1.82) is 0 Å². The lowest BCUT2D eigenvalue weighted by molar-refractivity contribution is -0.141. The van der Waals surface area contributed by atoms with Crippen LogP contribution >= 0.6 is 0 Å². The Morgan fingerprint density at radius 2 is 1.54 bits per heavy atom. The summed E-state index contributed by atoms with van der Waals surface area (Å²) in [6, 6.07) is 20.0. The zero-order chi connectivity index (χ0) is 28.6. The summed E-state index contributed by atoms with van der Waals surface area (Å²) >= 11 is 0. The van der Waals surface area contributed by atoms with Crippen LogP contribution in [0.5, 0.6) is 0 Å². The van der Waals surface area contributed by atoms with E-state index in [0.29, 0.717) is 17.7 Å². The molecule has 0 aliphatic heterocycles. The molecule has 0 bridgehead atoms. The number of likely N-dealkylation sites (N-methyl/N-ethyl adjacent to an activating group) is 1. The van der Waals surface area contributed by atoms with Crippen molar-refractivity contribution in [3.63, 3.8) is 0 Å². The van der Waals surface area contributed by atoms with Gasteiger partial charge in [0.2, 0.25) is 21.8 Å². The Kier molecular flexibility index (Phi) is 10.2. The van der Waals surface area contributed by atoms with Gasteiger partial charge in [0.05, 0.1) is 11.9 Å². The fourth-order valence-corrected chi connectivity index (χ4v) is 5.55. The van der Waals surface area contributed by atoms with Crippen LogP contribution in [0.25, 0.3) is 0 Å². The first-order chi connectivity index (χ1) is 18.5. The number of benzene rings is 3. The Labute approximate surface area is 230 Å². The Bertz CT molecular complexity index is 1360. The summed E-state index contributed by atoms with van der Waals surface area (Å²) in [7, 11) is -2.07. The van der Waals surface area contributed by atoms with Crippen LogP contribution < -0.4 is 9.62 Å². The van der Waals surface area contributed by atoms with Crippen LogP contribution in [0.2, 0.25) is 0 Å². The van der Waals surface area contributed by atoms with Gasteiger partial charge in [0.1, 0.15) is 11.9 Å². The zero-order valence-electron chi connectivity index (χ0n) is 22.9. The zero-order valence-corrected chi connectivity index (χ0v) is 23.7. The summed E-state index contributed by atoms with van der Waals surface area (Å²) in [5, 5.41) is 2.66. The normalized spacial score (nSPS) is 12.0. The summed E-state index contributed by atoms with van der Waals surface area (Å²) in [6.45, 7) is 4.02. The van der Waals surface area contributed by atoms with Gasteiger partial charge in [-0.2, -0.15) is 0 Å². The molecule has 2 amide bonds. The SMILES string of the molecule is CNC(=O)[C@H](Cc1ccccc1)N(Cc1ccc(F)cc1)C(=O)CCCN(c1cc(C)cc(C)c1)S(C)(=O)=O. The smallest absolute Gasteiger partial charge is 0.242 e. The highest BCUT2D eigenvalue weighted by molar-refractivity contribution is 7.92. The van der Waals surface area contributed by atoms with Crippen LogP contribution in [0.3, 0.4) is 0 Å². The van der Waals surface area contributed by atoms with Crippen molar-refractivity contribution in [2.45, 2.75) is 45.7 Å². The summed E-state index contributed by atoms with van der Waals surface area (Å²) in [4.78, 5) is 28.2. The molecule has 0 radical (unpaired) electrons. The summed E-state index contributed by atoms with van der Waals surface area (Å²) in [5.41, 5.74) is 4.00. The number of halogens is 1. The maximum atomic E-state index is 13.6. The molecule has 0 spiro atoms. The van der Waals surface area contributed by atoms with E-state index in [1.807, 2.05) is 50.2 Å². The minimum Gasteiger partial charge on any atom is -0.357 e. The average molecular weight is 554 g/mol. The second kappa shape index (κ2) is 13.4. The molecule has 3 aromatic carbocycles. The van der Waals surface area contributed by atoms with Crippen molar-refractivity contribution in [3.8, 4) is 0 Å². The molecule has 3 aromatic rings. The molecule has 0 aliphatic rings. The van der Waals surface area contributed by atoms with Gasteiger partial charge in [-0.3, -0.25) is 13.9 Å². The van der Waals surface area contributed by atoms with Gasteiger partial charge in [-0.05, 0) is 66.8 Å². The average Bonchev–Trinajstić information content (AvgIpc) is 2.88. The number of hydrogen-bond donors (Lipinski definition) is 1. The summed E-state index contributed by atoms with van der Waals surface area (Å²) in [5.74, 6) is -1.00. The lowest BCUT2D eigenvalue weighted by Gasteiger charge is -2.31. The van der Waals surface area contributed by atoms with E-state index in [4.69, 9.17) is 0 Å². The van der Waals surface area contributed by atoms with Gasteiger partial charge in [0, 0.05) is 33.0 Å². The highest BCUT2D eigenvalue weighted by atomic mass is 32.2. The number of hydrogen-bond acceptors (Lipinski definition) is 4. The third kappa shape index (κ3) is 8.64. The fraction of sp³-hybridized carbons (Fsp3) is 0.333. The number of nitrogens with one attached hydrogen (secondary N) is 1. The molecule has 39 heavy (non-hydrogen) atoms. The van der Waals surface area contributed by atoms with Crippen LogP contribution in [0.15, 0.2) is 72.8 Å². The molecule has 0 aliphatic carbocycles. The van der Waals surface area contributed by atoms with Gasteiger partial charge >= 0.3 is 0 Å². The van der Waals surface area contributed by atoms with Crippen LogP contribution in [-0.4, -0.2) is 51.0 Å². The molecule has 1 N–H and O–H groups in total. The largest absolute Gasteiger partial charge is 0.357 e. The second-order valence-corrected chi connectivity index (χ2v) is 11.7. The van der Waals surface area contributed by atoms with Gasteiger partial charge < -0.3 is 10.2 Å². The molecule has 0 saturated heterocycles. The van der Waals surface area contributed by atoms with E-state index in [2.05, 4.69) is 5.32 Å². The first-order valence-corrected chi connectivity index (χ1v) is 14.7. The van der Waals surface area contributed by atoms with Gasteiger partial charge in [-0.1, -0.05) is 48.5 Å². The lowest BCUT2D eigenvalue weighted by atomic mass is 10.0. The second-order valence-electron chi connectivity index (χ2n) is 9.75. The van der Waals surface area contributed by atoms with Crippen molar-refractivity contribution in [3.05, 3.63) is 101 Å². The maximum Gasteiger partial charge on any atom is 0.242 e. The predicted molar refractivity (Wildman–Crippen MR) is 152 cm³/mol. The summed E-state index contributed by atoms with van der Waals surface area (Å²) < 4.78 is 40.1. The van der Waals surface area contributed by atoms with Crippen molar-refractivity contribution in [2.75, 3.05) is 24.2 Å². The molecule has 0 unspecified atom stereocenters. The molecule has 208 valence electrons. The number of carbonyl (C=O) groups excluding carboxylic acids is 2. The molecule has 1 atom stereocenters. The third-order valence-electron chi connectivity index (χ3n) is 6.43. The van der Waals surface area contributed by atoms with E-state index in [9.17, 15) is 22.4 Å². The first kappa shape index (κ1) is 29.8.